The van der Waals surface area contributed by atoms with Gasteiger partial charge in [0.1, 0.15) is 11.5 Å². The molecule has 0 saturated carbocycles. The molecule has 0 amide bonds. The highest BCUT2D eigenvalue weighted by Gasteiger charge is 2.25. The van der Waals surface area contributed by atoms with Gasteiger partial charge in [0.2, 0.25) is 0 Å². The number of benzene rings is 1. The van der Waals surface area contributed by atoms with Gasteiger partial charge in [-0.15, -0.1) is 0 Å². The molecule has 2 unspecified atom stereocenters. The lowest BCUT2D eigenvalue weighted by Gasteiger charge is -2.23. The molecule has 29 heavy (non-hydrogen) atoms. The summed E-state index contributed by atoms with van der Waals surface area (Å²) in [5, 5.41) is 6.97. The molecule has 1 aliphatic heterocycles. The van der Waals surface area contributed by atoms with Crippen molar-refractivity contribution in [1.82, 2.24) is 15.5 Å². The van der Waals surface area contributed by atoms with Gasteiger partial charge in [-0.05, 0) is 51.7 Å². The lowest BCUT2D eigenvalue weighted by atomic mass is 10.2. The standard InChI is InChI=1S/C22H33N5O2/c1-5-23-22(24-15-19(26(2)3)21-11-8-14-29-21)25-17-12-13-27(16-17)18-9-6-7-10-20(18)28-4/h6-11,14,17,19H,5,12-13,15-16H2,1-4H3,(H2,23,24,25). The Morgan fingerprint density at radius 2 is 2.14 bits per heavy atom. The smallest absolute Gasteiger partial charge is 0.191 e. The topological polar surface area (TPSA) is 65.3 Å². The number of hydrogen-bond donors (Lipinski definition) is 2. The Balaban J connectivity index is 1.64. The highest BCUT2D eigenvalue weighted by Crippen LogP contribution is 2.30. The monoisotopic (exact) mass is 399 g/mol. The molecule has 0 spiro atoms. The maximum absolute atomic E-state index is 5.60. The minimum Gasteiger partial charge on any atom is -0.495 e. The molecular formula is C22H33N5O2. The van der Waals surface area contributed by atoms with Gasteiger partial charge in [-0.1, -0.05) is 12.1 Å². The van der Waals surface area contributed by atoms with Crippen molar-refractivity contribution in [2.45, 2.75) is 25.4 Å². The summed E-state index contributed by atoms with van der Waals surface area (Å²) in [6, 6.07) is 12.5. The van der Waals surface area contributed by atoms with Gasteiger partial charge < -0.3 is 24.7 Å². The number of likely N-dealkylation sites (N-methyl/N-ethyl adjacent to an activating group) is 1. The van der Waals surface area contributed by atoms with E-state index in [1.165, 1.54) is 0 Å². The number of para-hydroxylation sites is 2. The van der Waals surface area contributed by atoms with Gasteiger partial charge in [-0.25, -0.2) is 0 Å². The summed E-state index contributed by atoms with van der Waals surface area (Å²) in [6.07, 6.45) is 2.77. The molecule has 7 heteroatoms. The summed E-state index contributed by atoms with van der Waals surface area (Å²) < 4.78 is 11.1. The van der Waals surface area contributed by atoms with Crippen LogP contribution in [0.25, 0.3) is 0 Å². The van der Waals surface area contributed by atoms with Crippen molar-refractivity contribution in [2.24, 2.45) is 4.99 Å². The van der Waals surface area contributed by atoms with Crippen molar-refractivity contribution in [3.8, 4) is 5.75 Å². The third-order valence-corrected chi connectivity index (χ3v) is 5.22. The van der Waals surface area contributed by atoms with Crippen LogP contribution in [-0.2, 0) is 0 Å². The van der Waals surface area contributed by atoms with Crippen LogP contribution in [0.15, 0.2) is 52.1 Å². The second-order valence-corrected chi connectivity index (χ2v) is 7.46. The van der Waals surface area contributed by atoms with Gasteiger partial charge >= 0.3 is 0 Å². The maximum atomic E-state index is 5.60. The van der Waals surface area contributed by atoms with Crippen molar-refractivity contribution in [1.29, 1.82) is 0 Å². The van der Waals surface area contributed by atoms with Gasteiger partial charge in [0.25, 0.3) is 0 Å². The van der Waals surface area contributed by atoms with E-state index in [0.29, 0.717) is 12.6 Å². The van der Waals surface area contributed by atoms with E-state index in [-0.39, 0.29) is 6.04 Å². The van der Waals surface area contributed by atoms with Crippen LogP contribution in [0, 0.1) is 0 Å². The molecule has 7 nitrogen and oxygen atoms in total. The first-order valence-electron chi connectivity index (χ1n) is 10.2. The van der Waals surface area contributed by atoms with Gasteiger partial charge in [-0.2, -0.15) is 0 Å². The molecule has 2 atom stereocenters. The molecule has 0 bridgehead atoms. The fourth-order valence-corrected chi connectivity index (χ4v) is 3.67. The van der Waals surface area contributed by atoms with Crippen LogP contribution in [-0.4, -0.2) is 64.3 Å². The zero-order valence-electron chi connectivity index (χ0n) is 17.9. The van der Waals surface area contributed by atoms with Crippen molar-refractivity contribution >= 4 is 11.6 Å². The average molecular weight is 400 g/mol. The first kappa shape index (κ1) is 21.0. The van der Waals surface area contributed by atoms with Crippen LogP contribution in [0.4, 0.5) is 5.69 Å². The number of aliphatic imine (C=N–C) groups is 1. The lowest BCUT2D eigenvalue weighted by Crippen LogP contribution is -2.45. The fraction of sp³-hybridized carbons (Fsp3) is 0.500. The zero-order chi connectivity index (χ0) is 20.6. The molecule has 2 aromatic rings. The Morgan fingerprint density at radius 1 is 1.31 bits per heavy atom. The number of rotatable bonds is 8. The zero-order valence-corrected chi connectivity index (χ0v) is 17.9. The molecule has 3 rings (SSSR count). The molecule has 0 aliphatic carbocycles. The molecule has 1 fully saturated rings. The summed E-state index contributed by atoms with van der Waals surface area (Å²) in [5.74, 6) is 2.69. The third-order valence-electron chi connectivity index (χ3n) is 5.22. The summed E-state index contributed by atoms with van der Waals surface area (Å²) in [5.41, 5.74) is 1.15. The Kier molecular flexibility index (Phi) is 7.41. The van der Waals surface area contributed by atoms with Gasteiger partial charge in [-0.3, -0.25) is 9.89 Å². The quantitative estimate of drug-likeness (QED) is 0.526. The molecule has 1 saturated heterocycles. The highest BCUT2D eigenvalue weighted by molar-refractivity contribution is 5.80. The SMILES string of the molecule is CCNC(=NCC(c1ccco1)N(C)C)NC1CCN(c2ccccc2OC)C1. The summed E-state index contributed by atoms with van der Waals surface area (Å²) >= 11 is 0. The molecule has 0 radical (unpaired) electrons. The van der Waals surface area contributed by atoms with Crippen LogP contribution in [0.2, 0.25) is 0 Å². The highest BCUT2D eigenvalue weighted by atomic mass is 16.5. The summed E-state index contributed by atoms with van der Waals surface area (Å²) in [7, 11) is 5.82. The minimum absolute atomic E-state index is 0.106. The van der Waals surface area contributed by atoms with E-state index in [0.717, 1.165) is 49.2 Å². The number of guanidine groups is 1. The van der Waals surface area contributed by atoms with Gasteiger partial charge in [0, 0.05) is 25.7 Å². The van der Waals surface area contributed by atoms with Crippen LogP contribution in [0.1, 0.15) is 25.1 Å². The van der Waals surface area contributed by atoms with E-state index in [1.54, 1.807) is 13.4 Å². The molecular weight excluding hydrogens is 366 g/mol. The third kappa shape index (κ3) is 5.44. The Labute approximate surface area is 173 Å². The number of nitrogens with zero attached hydrogens (tertiary/aromatic N) is 3. The van der Waals surface area contributed by atoms with Crippen LogP contribution >= 0.6 is 0 Å². The van der Waals surface area contributed by atoms with Crippen molar-refractivity contribution in [2.75, 3.05) is 52.3 Å². The number of ether oxygens (including phenoxy) is 1. The first-order valence-corrected chi connectivity index (χ1v) is 10.2. The average Bonchev–Trinajstić information content (AvgIpc) is 3.40. The van der Waals surface area contributed by atoms with Crippen molar-refractivity contribution in [3.05, 3.63) is 48.4 Å². The van der Waals surface area contributed by atoms with Crippen LogP contribution in [0.3, 0.4) is 0 Å². The van der Waals surface area contributed by atoms with E-state index in [1.807, 2.05) is 38.4 Å². The Bertz CT molecular complexity index is 775. The van der Waals surface area contributed by atoms with E-state index in [2.05, 4.69) is 39.5 Å². The van der Waals surface area contributed by atoms with Gasteiger partial charge in [0.15, 0.2) is 5.96 Å². The predicted octanol–water partition coefficient (Wildman–Crippen LogP) is 2.72. The molecule has 2 heterocycles. The minimum atomic E-state index is 0.106. The lowest BCUT2D eigenvalue weighted by molar-refractivity contribution is 0.265. The molecule has 1 aromatic carbocycles. The normalized spacial score (nSPS) is 18.2. The van der Waals surface area contributed by atoms with E-state index in [4.69, 9.17) is 14.1 Å². The van der Waals surface area contributed by atoms with Crippen molar-refractivity contribution < 1.29 is 9.15 Å². The molecule has 1 aromatic heterocycles. The summed E-state index contributed by atoms with van der Waals surface area (Å²) in [6.45, 7) is 5.44. The largest absolute Gasteiger partial charge is 0.495 e. The van der Waals surface area contributed by atoms with Gasteiger partial charge in [0.05, 0.1) is 31.6 Å². The first-order chi connectivity index (χ1) is 14.1. The molecule has 1 aliphatic rings. The summed E-state index contributed by atoms with van der Waals surface area (Å²) in [4.78, 5) is 9.33. The van der Waals surface area contributed by atoms with Crippen LogP contribution in [0.5, 0.6) is 5.75 Å². The Hall–Kier alpha value is -2.67. The second-order valence-electron chi connectivity index (χ2n) is 7.46. The van der Waals surface area contributed by atoms with E-state index in [9.17, 15) is 0 Å². The van der Waals surface area contributed by atoms with Crippen LogP contribution < -0.4 is 20.3 Å². The maximum Gasteiger partial charge on any atom is 0.191 e. The number of hydrogen-bond acceptors (Lipinski definition) is 5. The number of nitrogens with one attached hydrogen (secondary N) is 2. The number of methoxy groups -OCH3 is 1. The van der Waals surface area contributed by atoms with Crippen molar-refractivity contribution in [3.63, 3.8) is 0 Å². The predicted molar refractivity (Wildman–Crippen MR) is 118 cm³/mol. The fourth-order valence-electron chi connectivity index (χ4n) is 3.67. The van der Waals surface area contributed by atoms with E-state index >= 15 is 0 Å². The molecule has 2 N–H and O–H groups in total. The molecule has 158 valence electrons. The number of furan rings is 1. The number of anilines is 1. The second kappa shape index (κ2) is 10.2. The van der Waals surface area contributed by atoms with E-state index < -0.39 is 0 Å². The Morgan fingerprint density at radius 3 is 2.83 bits per heavy atom.